The number of rotatable bonds is 6. The summed E-state index contributed by atoms with van der Waals surface area (Å²) in [6.45, 7) is 7.20. The molecule has 0 fully saturated rings. The normalized spacial score (nSPS) is 11.4. The molecule has 0 amide bonds. The van der Waals surface area contributed by atoms with Crippen LogP contribution in [0, 0.1) is 17.8 Å². The van der Waals surface area contributed by atoms with E-state index in [1.54, 1.807) is 19.9 Å². The first-order valence-electron chi connectivity index (χ1n) is 5.78. The molecule has 0 saturated heterocycles. The summed E-state index contributed by atoms with van der Waals surface area (Å²) in [6.07, 6.45) is 7.17. The molecule has 0 radical (unpaired) electrons. The maximum Gasteiger partial charge on any atom is 0.323 e. The number of terminal acetylenes is 1. The van der Waals surface area contributed by atoms with Crippen molar-refractivity contribution in [3.8, 4) is 12.3 Å². The van der Waals surface area contributed by atoms with E-state index < -0.39 is 17.4 Å². The van der Waals surface area contributed by atoms with Gasteiger partial charge in [0.15, 0.2) is 5.41 Å². The molecule has 0 saturated carbocycles. The molecule has 0 aromatic rings. The highest BCUT2D eigenvalue weighted by molar-refractivity contribution is 6.00. The molecule has 0 rings (SSSR count). The Hall–Kier alpha value is -2.02. The largest absolute Gasteiger partial charge is 0.468 e. The quantitative estimate of drug-likeness (QED) is 0.319. The summed E-state index contributed by atoms with van der Waals surface area (Å²) in [4.78, 5) is 24.1. The molecule has 19 heavy (non-hydrogen) atoms. The Kier molecular flexibility index (Phi) is 6.63. The van der Waals surface area contributed by atoms with Crippen molar-refractivity contribution in [2.45, 2.75) is 26.7 Å². The number of carbonyl (C=O) groups excluding carboxylic acids is 2. The second-order valence-corrected chi connectivity index (χ2v) is 4.43. The molecule has 0 unspecified atom stereocenters. The lowest BCUT2D eigenvalue weighted by atomic mass is 9.78. The van der Waals surface area contributed by atoms with Crippen molar-refractivity contribution in [2.75, 3.05) is 14.2 Å². The van der Waals surface area contributed by atoms with Crippen molar-refractivity contribution in [1.82, 2.24) is 0 Å². The number of carbonyl (C=O) groups is 2. The minimum absolute atomic E-state index is 0.120. The van der Waals surface area contributed by atoms with Crippen molar-refractivity contribution in [2.24, 2.45) is 5.41 Å². The second-order valence-electron chi connectivity index (χ2n) is 4.43. The molecule has 0 heterocycles. The summed E-state index contributed by atoms with van der Waals surface area (Å²) < 4.78 is 9.49. The van der Waals surface area contributed by atoms with Gasteiger partial charge in [-0.05, 0) is 32.3 Å². The van der Waals surface area contributed by atoms with E-state index in [9.17, 15) is 9.59 Å². The van der Waals surface area contributed by atoms with Gasteiger partial charge >= 0.3 is 11.9 Å². The molecule has 0 aliphatic carbocycles. The minimum atomic E-state index is -1.42. The highest BCUT2D eigenvalue weighted by Crippen LogP contribution is 2.34. The lowest BCUT2D eigenvalue weighted by Gasteiger charge is -2.27. The maximum absolute atomic E-state index is 12.0. The topological polar surface area (TPSA) is 52.6 Å². The van der Waals surface area contributed by atoms with Gasteiger partial charge in [0.1, 0.15) is 0 Å². The lowest BCUT2D eigenvalue weighted by molar-refractivity contribution is -0.168. The van der Waals surface area contributed by atoms with Gasteiger partial charge in [-0.1, -0.05) is 17.6 Å². The van der Waals surface area contributed by atoms with Gasteiger partial charge in [-0.25, -0.2) is 0 Å². The zero-order valence-electron chi connectivity index (χ0n) is 11.9. The Morgan fingerprint density at radius 1 is 1.26 bits per heavy atom. The van der Waals surface area contributed by atoms with Gasteiger partial charge in [0.05, 0.1) is 14.2 Å². The summed E-state index contributed by atoms with van der Waals surface area (Å²) in [5.74, 6) is 1.14. The first-order valence-corrected chi connectivity index (χ1v) is 5.78. The number of allylic oxidation sites excluding steroid dienone is 3. The van der Waals surface area contributed by atoms with E-state index >= 15 is 0 Å². The van der Waals surface area contributed by atoms with Gasteiger partial charge < -0.3 is 9.47 Å². The monoisotopic (exact) mass is 264 g/mol. The van der Waals surface area contributed by atoms with Crippen molar-refractivity contribution < 1.29 is 19.1 Å². The first kappa shape index (κ1) is 17.0. The highest BCUT2D eigenvalue weighted by atomic mass is 16.5. The van der Waals surface area contributed by atoms with E-state index in [1.807, 2.05) is 0 Å². The van der Waals surface area contributed by atoms with Crippen LogP contribution in [0.5, 0.6) is 0 Å². The molecule has 0 N–H and O–H groups in total. The van der Waals surface area contributed by atoms with E-state index in [1.165, 1.54) is 14.2 Å². The van der Waals surface area contributed by atoms with Gasteiger partial charge in [-0.3, -0.25) is 9.59 Å². The van der Waals surface area contributed by atoms with Gasteiger partial charge in [-0.2, -0.15) is 0 Å². The van der Waals surface area contributed by atoms with Crippen LogP contribution < -0.4 is 0 Å². The van der Waals surface area contributed by atoms with E-state index in [2.05, 4.69) is 12.5 Å². The van der Waals surface area contributed by atoms with Crippen LogP contribution in [0.4, 0.5) is 0 Å². The molecular formula is C15H20O4. The number of hydrogen-bond acceptors (Lipinski definition) is 4. The van der Waals surface area contributed by atoms with E-state index in [0.29, 0.717) is 11.1 Å². The lowest BCUT2D eigenvalue weighted by Crippen LogP contribution is -2.41. The van der Waals surface area contributed by atoms with E-state index in [-0.39, 0.29) is 12.8 Å². The number of hydrogen-bond donors (Lipinski definition) is 0. The molecule has 104 valence electrons. The Morgan fingerprint density at radius 2 is 1.74 bits per heavy atom. The Bertz CT molecular complexity index is 422. The number of ether oxygens (including phenoxy) is 2. The fourth-order valence-corrected chi connectivity index (χ4v) is 1.76. The standard InChI is InChI=1S/C15H20O4/c1-7-12(4)8-9-15(10-11(2)3,13(16)18-5)14(17)19-6/h1,8H,2,9-10H2,3-6H3/b12-8+. The molecule has 0 aromatic heterocycles. The van der Waals surface area contributed by atoms with E-state index in [4.69, 9.17) is 15.9 Å². The molecular weight excluding hydrogens is 244 g/mol. The average Bonchev–Trinajstić information content (AvgIpc) is 2.40. The summed E-state index contributed by atoms with van der Waals surface area (Å²) in [7, 11) is 2.46. The summed E-state index contributed by atoms with van der Waals surface area (Å²) >= 11 is 0. The third kappa shape index (κ3) is 4.29. The molecule has 0 aliphatic rings. The fraction of sp³-hybridized carbons (Fsp3) is 0.467. The Morgan fingerprint density at radius 3 is 2.05 bits per heavy atom. The summed E-state index contributed by atoms with van der Waals surface area (Å²) in [5.41, 5.74) is -0.102. The van der Waals surface area contributed by atoms with Gasteiger partial charge in [0.25, 0.3) is 0 Å². The third-order valence-electron chi connectivity index (χ3n) is 2.74. The van der Waals surface area contributed by atoms with Crippen molar-refractivity contribution in [1.29, 1.82) is 0 Å². The van der Waals surface area contributed by atoms with Crippen LogP contribution in [0.1, 0.15) is 26.7 Å². The molecule has 4 heteroatoms. The number of esters is 2. The van der Waals surface area contributed by atoms with Crippen molar-refractivity contribution in [3.05, 3.63) is 23.8 Å². The first-order chi connectivity index (χ1) is 8.83. The van der Waals surface area contributed by atoms with E-state index in [0.717, 1.165) is 0 Å². The molecule has 0 atom stereocenters. The molecule has 0 aromatic carbocycles. The van der Waals surface area contributed by atoms with Crippen LogP contribution in [-0.4, -0.2) is 26.2 Å². The molecule has 0 bridgehead atoms. The van der Waals surface area contributed by atoms with Gasteiger partial charge in [0, 0.05) is 0 Å². The van der Waals surface area contributed by atoms with Crippen LogP contribution in [0.25, 0.3) is 0 Å². The SMILES string of the molecule is C#C/C(C)=C/CC(CC(=C)C)(C(=O)OC)C(=O)OC. The zero-order chi connectivity index (χ0) is 15.1. The van der Waals surface area contributed by atoms with Gasteiger partial charge in [0.2, 0.25) is 0 Å². The second kappa shape index (κ2) is 7.42. The van der Waals surface area contributed by atoms with Crippen LogP contribution in [0.15, 0.2) is 23.8 Å². The van der Waals surface area contributed by atoms with Crippen LogP contribution in [0.3, 0.4) is 0 Å². The number of methoxy groups -OCH3 is 2. The predicted octanol–water partition coefficient (Wildman–Crippen LogP) is 2.25. The van der Waals surface area contributed by atoms with Crippen LogP contribution in [0.2, 0.25) is 0 Å². The van der Waals surface area contributed by atoms with Gasteiger partial charge in [-0.15, -0.1) is 13.0 Å². The van der Waals surface area contributed by atoms with Crippen LogP contribution in [-0.2, 0) is 19.1 Å². The smallest absolute Gasteiger partial charge is 0.323 e. The predicted molar refractivity (Wildman–Crippen MR) is 73.1 cm³/mol. The highest BCUT2D eigenvalue weighted by Gasteiger charge is 2.47. The average molecular weight is 264 g/mol. The minimum Gasteiger partial charge on any atom is -0.468 e. The van der Waals surface area contributed by atoms with Crippen molar-refractivity contribution in [3.63, 3.8) is 0 Å². The summed E-state index contributed by atoms with van der Waals surface area (Å²) in [5, 5.41) is 0. The third-order valence-corrected chi connectivity index (χ3v) is 2.74. The maximum atomic E-state index is 12.0. The van der Waals surface area contributed by atoms with Crippen molar-refractivity contribution >= 4 is 11.9 Å². The zero-order valence-corrected chi connectivity index (χ0v) is 11.9. The molecule has 4 nitrogen and oxygen atoms in total. The van der Waals surface area contributed by atoms with Crippen LogP contribution >= 0.6 is 0 Å². The summed E-state index contributed by atoms with van der Waals surface area (Å²) in [6, 6.07) is 0. The fourth-order valence-electron chi connectivity index (χ4n) is 1.76. The Balaban J connectivity index is 5.62. The Labute approximate surface area is 114 Å². The molecule has 0 spiro atoms. The molecule has 0 aliphatic heterocycles.